The lowest BCUT2D eigenvalue weighted by molar-refractivity contribution is -0.138. The van der Waals surface area contributed by atoms with Gasteiger partial charge in [0.1, 0.15) is 18.7 Å². The third-order valence-corrected chi connectivity index (χ3v) is 4.60. The minimum Gasteiger partial charge on any atom is -0.481 e. The van der Waals surface area contributed by atoms with E-state index in [1.807, 2.05) is 0 Å². The molecule has 0 heterocycles. The molecule has 1 saturated carbocycles. The summed E-state index contributed by atoms with van der Waals surface area (Å²) >= 11 is 0. The number of hydrogen-bond donors (Lipinski definition) is 5. The Labute approximate surface area is 169 Å². The second-order valence-corrected chi connectivity index (χ2v) is 7.13. The average molecular weight is 414 g/mol. The van der Waals surface area contributed by atoms with Crippen LogP contribution >= 0.6 is 0 Å². The Balaban J connectivity index is 2.47. The molecule has 164 valence electrons. The number of nitrogens with two attached hydrogens (primary N) is 1. The first-order chi connectivity index (χ1) is 13.6. The largest absolute Gasteiger partial charge is 0.481 e. The summed E-state index contributed by atoms with van der Waals surface area (Å²) in [6, 6.07) is -2.27. The van der Waals surface area contributed by atoms with Crippen LogP contribution in [-0.4, -0.2) is 65.5 Å². The highest BCUT2D eigenvalue weighted by Crippen LogP contribution is 2.21. The molecule has 0 radical (unpaired) electrons. The molecule has 0 bridgehead atoms. The second-order valence-electron chi connectivity index (χ2n) is 7.13. The Morgan fingerprint density at radius 1 is 1.14 bits per heavy atom. The summed E-state index contributed by atoms with van der Waals surface area (Å²) in [4.78, 5) is 57.5. The van der Waals surface area contributed by atoms with E-state index in [1.54, 1.807) is 0 Å². The number of nitrogens with one attached hydrogen (secondary N) is 3. The molecule has 1 fully saturated rings. The maximum absolute atomic E-state index is 12.1. The summed E-state index contributed by atoms with van der Waals surface area (Å²) in [6.45, 7) is 2.56. The van der Waals surface area contributed by atoms with Crippen LogP contribution in [0.5, 0.6) is 0 Å². The van der Waals surface area contributed by atoms with Crippen LogP contribution in [0.1, 0.15) is 52.4 Å². The van der Waals surface area contributed by atoms with Gasteiger partial charge in [-0.2, -0.15) is 0 Å². The Kier molecular flexibility index (Phi) is 10.1. The Morgan fingerprint density at radius 2 is 1.79 bits per heavy atom. The molecule has 4 amide bonds. The monoisotopic (exact) mass is 414 g/mol. The van der Waals surface area contributed by atoms with Gasteiger partial charge in [-0.3, -0.25) is 24.0 Å². The molecule has 0 aliphatic heterocycles. The van der Waals surface area contributed by atoms with E-state index < -0.39 is 35.8 Å². The fourth-order valence-corrected chi connectivity index (χ4v) is 3.10. The number of ether oxygens (including phenoxy) is 1. The van der Waals surface area contributed by atoms with E-state index in [9.17, 15) is 24.0 Å². The Morgan fingerprint density at radius 3 is 2.38 bits per heavy atom. The minimum absolute atomic E-state index is 0.146. The zero-order valence-corrected chi connectivity index (χ0v) is 16.7. The highest BCUT2D eigenvalue weighted by Gasteiger charge is 2.28. The molecule has 0 aromatic heterocycles. The SMILES string of the molecule is CC(=O)N[C@H]1CCCC[C@@H]1OCC(=O)N[C@@H](C)C(=O)N[C@H](CCC(=O)O)C(N)=O. The molecule has 0 spiro atoms. The van der Waals surface area contributed by atoms with Crippen molar-refractivity contribution in [2.24, 2.45) is 5.73 Å². The molecule has 1 aliphatic carbocycles. The van der Waals surface area contributed by atoms with Crippen molar-refractivity contribution < 1.29 is 33.8 Å². The summed E-state index contributed by atoms with van der Waals surface area (Å²) in [7, 11) is 0. The van der Waals surface area contributed by atoms with Gasteiger partial charge in [0.25, 0.3) is 0 Å². The van der Waals surface area contributed by atoms with Crippen molar-refractivity contribution in [3.8, 4) is 0 Å². The van der Waals surface area contributed by atoms with Gasteiger partial charge in [-0.05, 0) is 26.2 Å². The van der Waals surface area contributed by atoms with E-state index in [1.165, 1.54) is 13.8 Å². The highest BCUT2D eigenvalue weighted by molar-refractivity contribution is 5.91. The molecular formula is C18H30N4O7. The molecule has 0 aromatic rings. The first-order valence-corrected chi connectivity index (χ1v) is 9.59. The number of carboxylic acid groups (broad SMARTS) is 1. The predicted octanol–water partition coefficient (Wildman–Crippen LogP) is -1.21. The van der Waals surface area contributed by atoms with Gasteiger partial charge < -0.3 is 31.5 Å². The molecule has 0 saturated heterocycles. The topological polar surface area (TPSA) is 177 Å². The lowest BCUT2D eigenvalue weighted by Gasteiger charge is -2.31. The summed E-state index contributed by atoms with van der Waals surface area (Å²) < 4.78 is 5.63. The third kappa shape index (κ3) is 9.37. The number of rotatable bonds is 11. The number of aliphatic carboxylic acids is 1. The number of carboxylic acids is 1. The molecule has 11 heteroatoms. The number of carbonyl (C=O) groups is 5. The Hall–Kier alpha value is -2.69. The summed E-state index contributed by atoms with van der Waals surface area (Å²) in [6.07, 6.45) is 2.64. The van der Waals surface area contributed by atoms with Crippen molar-refractivity contribution in [3.05, 3.63) is 0 Å². The molecule has 6 N–H and O–H groups in total. The van der Waals surface area contributed by atoms with Gasteiger partial charge in [0.15, 0.2) is 0 Å². The van der Waals surface area contributed by atoms with Crippen LogP contribution in [0.15, 0.2) is 0 Å². The van der Waals surface area contributed by atoms with Gasteiger partial charge in [0.2, 0.25) is 23.6 Å². The predicted molar refractivity (Wildman–Crippen MR) is 101 cm³/mol. The van der Waals surface area contributed by atoms with Crippen molar-refractivity contribution >= 4 is 29.6 Å². The Bertz CT molecular complexity index is 625. The molecule has 11 nitrogen and oxygen atoms in total. The highest BCUT2D eigenvalue weighted by atomic mass is 16.5. The quantitative estimate of drug-likeness (QED) is 0.281. The first-order valence-electron chi connectivity index (χ1n) is 9.59. The van der Waals surface area contributed by atoms with Crippen molar-refractivity contribution in [1.29, 1.82) is 0 Å². The second kappa shape index (κ2) is 12.0. The molecule has 1 rings (SSSR count). The van der Waals surface area contributed by atoms with Crippen LogP contribution in [0.2, 0.25) is 0 Å². The number of hydrogen-bond acceptors (Lipinski definition) is 6. The molecule has 29 heavy (non-hydrogen) atoms. The smallest absolute Gasteiger partial charge is 0.303 e. The van der Waals surface area contributed by atoms with Gasteiger partial charge in [0, 0.05) is 13.3 Å². The van der Waals surface area contributed by atoms with Gasteiger partial charge in [0.05, 0.1) is 12.1 Å². The van der Waals surface area contributed by atoms with Gasteiger partial charge in [-0.15, -0.1) is 0 Å². The summed E-state index contributed by atoms with van der Waals surface area (Å²) in [5.74, 6) is -3.33. The molecule has 0 aromatic carbocycles. The summed E-state index contributed by atoms with van der Waals surface area (Å²) in [5, 5.41) is 16.3. The average Bonchev–Trinajstić information content (AvgIpc) is 2.63. The van der Waals surface area contributed by atoms with Crippen molar-refractivity contribution in [2.45, 2.75) is 76.6 Å². The lowest BCUT2D eigenvalue weighted by atomic mass is 9.92. The van der Waals surface area contributed by atoms with Gasteiger partial charge >= 0.3 is 5.97 Å². The fraction of sp³-hybridized carbons (Fsp3) is 0.722. The van der Waals surface area contributed by atoms with Crippen LogP contribution in [0, 0.1) is 0 Å². The van der Waals surface area contributed by atoms with Crippen LogP contribution in [0.3, 0.4) is 0 Å². The number of primary amides is 1. The van der Waals surface area contributed by atoms with Gasteiger partial charge in [-0.25, -0.2) is 0 Å². The van der Waals surface area contributed by atoms with Gasteiger partial charge in [-0.1, -0.05) is 12.8 Å². The zero-order chi connectivity index (χ0) is 22.0. The van der Waals surface area contributed by atoms with E-state index in [2.05, 4.69) is 16.0 Å². The molecular weight excluding hydrogens is 384 g/mol. The van der Waals surface area contributed by atoms with E-state index in [0.29, 0.717) is 0 Å². The maximum Gasteiger partial charge on any atom is 0.303 e. The molecule has 0 unspecified atom stereocenters. The normalized spacial score (nSPS) is 20.8. The van der Waals surface area contributed by atoms with E-state index in [0.717, 1.165) is 25.7 Å². The van der Waals surface area contributed by atoms with Crippen molar-refractivity contribution in [2.75, 3.05) is 6.61 Å². The van der Waals surface area contributed by atoms with Crippen LogP contribution in [-0.2, 0) is 28.7 Å². The number of amides is 4. The van der Waals surface area contributed by atoms with Crippen LogP contribution in [0.25, 0.3) is 0 Å². The van der Waals surface area contributed by atoms with E-state index in [-0.39, 0.29) is 37.5 Å². The van der Waals surface area contributed by atoms with Crippen LogP contribution < -0.4 is 21.7 Å². The standard InChI is InChI=1S/C18H30N4O7/c1-10(18(28)22-13(17(19)27)7-8-16(25)26)20-15(24)9-29-14-6-4-3-5-12(14)21-11(2)23/h10,12-14H,3-9H2,1-2H3,(H2,19,27)(H,20,24)(H,21,23)(H,22,28)(H,25,26)/t10-,12-,13+,14-/m0/s1. The van der Waals surface area contributed by atoms with Crippen molar-refractivity contribution in [1.82, 2.24) is 16.0 Å². The van der Waals surface area contributed by atoms with Crippen LogP contribution in [0.4, 0.5) is 0 Å². The number of carbonyl (C=O) groups excluding carboxylic acids is 4. The first kappa shape index (κ1) is 24.3. The molecule has 4 atom stereocenters. The minimum atomic E-state index is -1.14. The van der Waals surface area contributed by atoms with E-state index >= 15 is 0 Å². The molecule has 1 aliphatic rings. The zero-order valence-electron chi connectivity index (χ0n) is 16.7. The maximum atomic E-state index is 12.1. The van der Waals surface area contributed by atoms with Crippen molar-refractivity contribution in [3.63, 3.8) is 0 Å². The summed E-state index contributed by atoms with van der Waals surface area (Å²) in [5.41, 5.74) is 5.17. The fourth-order valence-electron chi connectivity index (χ4n) is 3.10. The van der Waals surface area contributed by atoms with E-state index in [4.69, 9.17) is 15.6 Å². The lowest BCUT2D eigenvalue weighted by Crippen LogP contribution is -2.52. The third-order valence-electron chi connectivity index (χ3n) is 4.60.